The molecule has 1 atom stereocenters. The Balaban J connectivity index is 1.58. The predicted octanol–water partition coefficient (Wildman–Crippen LogP) is 5.82. The molecular weight excluding hydrogens is 434 g/mol. The van der Waals surface area contributed by atoms with Gasteiger partial charge in [-0.25, -0.2) is 8.78 Å². The number of fused-ring (bicyclic) bond motifs is 1. The van der Waals surface area contributed by atoms with Crippen molar-refractivity contribution in [2.75, 3.05) is 11.9 Å². The highest BCUT2D eigenvalue weighted by Crippen LogP contribution is 2.37. The van der Waals surface area contributed by atoms with Crippen LogP contribution in [0.3, 0.4) is 0 Å². The number of hydrogen-bond donors (Lipinski definition) is 1. The fraction of sp³-hybridized carbons (Fsp3) is 0.0714. The molecule has 4 aromatic carbocycles. The van der Waals surface area contributed by atoms with Gasteiger partial charge in [-0.2, -0.15) is 0 Å². The van der Waals surface area contributed by atoms with Crippen molar-refractivity contribution in [3.05, 3.63) is 125 Å². The standard InChI is InChI=1S/C28H20F2N2O2/c29-22-12-10-20(11-13-22)27-24-16-23(30)14-15-25(24)31-26(33)17-32(27)28(34)21-8-6-19(7-9-21)18-4-2-1-3-5-18/h1-16,27H,17H2,(H,31,33)/t27-/m0/s1. The first-order chi connectivity index (χ1) is 16.5. The second-order valence-corrected chi connectivity index (χ2v) is 8.11. The van der Waals surface area contributed by atoms with E-state index in [9.17, 15) is 18.4 Å². The van der Waals surface area contributed by atoms with E-state index in [-0.39, 0.29) is 12.5 Å². The number of amides is 2. The van der Waals surface area contributed by atoms with Crippen molar-refractivity contribution >= 4 is 17.5 Å². The lowest BCUT2D eigenvalue weighted by Gasteiger charge is -2.30. The van der Waals surface area contributed by atoms with Crippen LogP contribution < -0.4 is 5.32 Å². The van der Waals surface area contributed by atoms with E-state index in [2.05, 4.69) is 5.32 Å². The molecule has 4 nitrogen and oxygen atoms in total. The van der Waals surface area contributed by atoms with Crippen LogP contribution in [-0.4, -0.2) is 23.3 Å². The van der Waals surface area contributed by atoms with E-state index in [1.165, 1.54) is 35.2 Å². The molecule has 0 radical (unpaired) electrons. The van der Waals surface area contributed by atoms with Crippen molar-refractivity contribution in [1.82, 2.24) is 4.90 Å². The Morgan fingerprint density at radius 2 is 1.44 bits per heavy atom. The van der Waals surface area contributed by atoms with Crippen LogP contribution in [-0.2, 0) is 4.79 Å². The van der Waals surface area contributed by atoms with Crippen molar-refractivity contribution in [2.45, 2.75) is 6.04 Å². The number of carbonyl (C=O) groups is 2. The maximum Gasteiger partial charge on any atom is 0.255 e. The minimum atomic E-state index is -0.786. The first kappa shape index (κ1) is 21.5. The molecule has 0 aromatic heterocycles. The minimum absolute atomic E-state index is 0.238. The minimum Gasteiger partial charge on any atom is -0.324 e. The van der Waals surface area contributed by atoms with Crippen molar-refractivity contribution in [1.29, 1.82) is 0 Å². The van der Waals surface area contributed by atoms with Gasteiger partial charge in [-0.1, -0.05) is 54.6 Å². The zero-order chi connectivity index (χ0) is 23.7. The topological polar surface area (TPSA) is 49.4 Å². The van der Waals surface area contributed by atoms with Gasteiger partial charge in [-0.05, 0) is 59.2 Å². The molecule has 1 aliphatic heterocycles. The molecule has 168 valence electrons. The molecule has 0 unspecified atom stereocenters. The van der Waals surface area contributed by atoms with Crippen LogP contribution in [0.15, 0.2) is 97.1 Å². The summed E-state index contributed by atoms with van der Waals surface area (Å²) in [6, 6.07) is 25.8. The lowest BCUT2D eigenvalue weighted by atomic mass is 9.95. The van der Waals surface area contributed by atoms with E-state index >= 15 is 0 Å². The van der Waals surface area contributed by atoms with Gasteiger partial charge in [0.15, 0.2) is 0 Å². The summed E-state index contributed by atoms with van der Waals surface area (Å²) in [6.45, 7) is -0.238. The van der Waals surface area contributed by atoms with Crippen molar-refractivity contribution in [3.63, 3.8) is 0 Å². The van der Waals surface area contributed by atoms with Crippen molar-refractivity contribution in [3.8, 4) is 11.1 Å². The molecule has 2 amide bonds. The second kappa shape index (κ2) is 8.90. The molecule has 34 heavy (non-hydrogen) atoms. The highest BCUT2D eigenvalue weighted by Gasteiger charge is 2.34. The molecule has 1 aliphatic rings. The first-order valence-electron chi connectivity index (χ1n) is 10.8. The fourth-order valence-electron chi connectivity index (χ4n) is 4.27. The van der Waals surface area contributed by atoms with Gasteiger partial charge in [0.1, 0.15) is 18.2 Å². The molecule has 0 saturated carbocycles. The van der Waals surface area contributed by atoms with Crippen molar-refractivity contribution < 1.29 is 18.4 Å². The highest BCUT2D eigenvalue weighted by atomic mass is 19.1. The van der Waals surface area contributed by atoms with Crippen LogP contribution >= 0.6 is 0 Å². The van der Waals surface area contributed by atoms with E-state index in [0.717, 1.165) is 11.1 Å². The summed E-state index contributed by atoms with van der Waals surface area (Å²) in [6.07, 6.45) is 0. The summed E-state index contributed by atoms with van der Waals surface area (Å²) in [5, 5.41) is 2.75. The van der Waals surface area contributed by atoms with Gasteiger partial charge in [0, 0.05) is 16.8 Å². The van der Waals surface area contributed by atoms with E-state index in [1.54, 1.807) is 24.3 Å². The van der Waals surface area contributed by atoms with Crippen LogP contribution in [0.5, 0.6) is 0 Å². The van der Waals surface area contributed by atoms with Gasteiger partial charge in [-0.15, -0.1) is 0 Å². The molecule has 6 heteroatoms. The average molecular weight is 454 g/mol. The number of hydrogen-bond acceptors (Lipinski definition) is 2. The van der Waals surface area contributed by atoms with Crippen LogP contribution in [0.2, 0.25) is 0 Å². The average Bonchev–Trinajstić information content (AvgIpc) is 3.00. The number of rotatable bonds is 3. The molecule has 4 aromatic rings. The van der Waals surface area contributed by atoms with E-state index < -0.39 is 23.6 Å². The summed E-state index contributed by atoms with van der Waals surface area (Å²) in [5.74, 6) is -1.71. The highest BCUT2D eigenvalue weighted by molar-refractivity contribution is 6.01. The molecule has 1 N–H and O–H groups in total. The zero-order valence-electron chi connectivity index (χ0n) is 18.0. The summed E-state index contributed by atoms with van der Waals surface area (Å²) < 4.78 is 27.9. The van der Waals surface area contributed by atoms with Gasteiger partial charge < -0.3 is 10.2 Å². The Hall–Kier alpha value is -4.32. The van der Waals surface area contributed by atoms with Gasteiger partial charge in [0.25, 0.3) is 5.91 Å². The third-order valence-electron chi connectivity index (χ3n) is 5.89. The lowest BCUT2D eigenvalue weighted by Crippen LogP contribution is -2.39. The van der Waals surface area contributed by atoms with Gasteiger partial charge in [-0.3, -0.25) is 9.59 Å². The second-order valence-electron chi connectivity index (χ2n) is 8.11. The Morgan fingerprint density at radius 3 is 2.15 bits per heavy atom. The molecular formula is C28H20F2N2O2. The molecule has 0 saturated heterocycles. The molecule has 0 bridgehead atoms. The van der Waals surface area contributed by atoms with Crippen LogP contribution in [0.1, 0.15) is 27.5 Å². The third-order valence-corrected chi connectivity index (χ3v) is 5.89. The quantitative estimate of drug-likeness (QED) is 0.424. The van der Waals surface area contributed by atoms with Gasteiger partial charge in [0.05, 0.1) is 6.04 Å². The fourth-order valence-corrected chi connectivity index (χ4v) is 4.27. The summed E-state index contributed by atoms with van der Waals surface area (Å²) in [5.41, 5.74) is 3.76. The smallest absolute Gasteiger partial charge is 0.255 e. The first-order valence-corrected chi connectivity index (χ1v) is 10.8. The third kappa shape index (κ3) is 4.18. The van der Waals surface area contributed by atoms with Crippen LogP contribution in [0.25, 0.3) is 11.1 Å². The van der Waals surface area contributed by atoms with E-state index in [4.69, 9.17) is 0 Å². The van der Waals surface area contributed by atoms with Gasteiger partial charge >= 0.3 is 0 Å². The molecule has 0 fully saturated rings. The van der Waals surface area contributed by atoms with Crippen LogP contribution in [0, 0.1) is 11.6 Å². The predicted molar refractivity (Wildman–Crippen MR) is 126 cm³/mol. The van der Waals surface area contributed by atoms with E-state index in [0.29, 0.717) is 22.4 Å². The number of nitrogens with zero attached hydrogens (tertiary/aromatic N) is 1. The number of carbonyl (C=O) groups excluding carboxylic acids is 2. The van der Waals surface area contributed by atoms with Gasteiger partial charge in [0.2, 0.25) is 5.91 Å². The zero-order valence-corrected chi connectivity index (χ0v) is 18.0. The number of benzene rings is 4. The Kier molecular flexibility index (Phi) is 5.64. The van der Waals surface area contributed by atoms with E-state index in [1.807, 2.05) is 42.5 Å². The Morgan fingerprint density at radius 1 is 0.794 bits per heavy atom. The molecule has 0 aliphatic carbocycles. The summed E-state index contributed by atoms with van der Waals surface area (Å²) >= 11 is 0. The summed E-state index contributed by atoms with van der Waals surface area (Å²) in [4.78, 5) is 27.8. The maximum atomic E-state index is 14.3. The maximum absolute atomic E-state index is 14.3. The summed E-state index contributed by atoms with van der Waals surface area (Å²) in [7, 11) is 0. The van der Waals surface area contributed by atoms with Crippen molar-refractivity contribution in [2.24, 2.45) is 0 Å². The molecule has 1 heterocycles. The molecule has 0 spiro atoms. The Labute approximate surface area is 195 Å². The largest absolute Gasteiger partial charge is 0.324 e. The number of halogens is 2. The number of nitrogens with one attached hydrogen (secondary N) is 1. The lowest BCUT2D eigenvalue weighted by molar-refractivity contribution is -0.117. The Bertz CT molecular complexity index is 1350. The number of anilines is 1. The monoisotopic (exact) mass is 454 g/mol. The molecule has 5 rings (SSSR count). The van der Waals surface area contributed by atoms with Crippen LogP contribution in [0.4, 0.5) is 14.5 Å². The SMILES string of the molecule is O=C1CN(C(=O)c2ccc(-c3ccccc3)cc2)[C@@H](c2ccc(F)cc2)c2cc(F)ccc2N1. The normalized spacial score (nSPS) is 15.3.